The highest BCUT2D eigenvalue weighted by atomic mass is 35.5. The van der Waals surface area contributed by atoms with Gasteiger partial charge in [0.25, 0.3) is 0 Å². The van der Waals surface area contributed by atoms with Crippen LogP contribution in [-0.2, 0) is 19.6 Å². The van der Waals surface area contributed by atoms with Crippen LogP contribution in [0.3, 0.4) is 0 Å². The predicted octanol–water partition coefficient (Wildman–Crippen LogP) is 4.96. The van der Waals surface area contributed by atoms with Gasteiger partial charge >= 0.3 is 0 Å². The van der Waals surface area contributed by atoms with E-state index in [0.717, 1.165) is 22.4 Å². The number of halogens is 1. The molecule has 4 aromatic rings. The Morgan fingerprint density at radius 3 is 2.48 bits per heavy atom. The number of carbonyl (C=O) groups is 1. The van der Waals surface area contributed by atoms with Crippen molar-refractivity contribution in [3.8, 4) is 17.1 Å². The molecule has 5 rings (SSSR count). The topological polar surface area (TPSA) is 106 Å². The molecule has 0 aliphatic carbocycles. The van der Waals surface area contributed by atoms with Gasteiger partial charge in [0.05, 0.1) is 34.6 Å². The number of anilines is 1. The van der Waals surface area contributed by atoms with Crippen LogP contribution in [0.4, 0.5) is 5.69 Å². The highest BCUT2D eigenvalue weighted by Crippen LogP contribution is 2.33. The summed E-state index contributed by atoms with van der Waals surface area (Å²) in [6.07, 6.45) is 0. The summed E-state index contributed by atoms with van der Waals surface area (Å²) in [6.45, 7) is 5.42. The average Bonchev–Trinajstić information content (AvgIpc) is 3.37. The zero-order chi connectivity index (χ0) is 28.3. The number of morpholine rings is 1. The largest absolute Gasteiger partial charge is 0.379 e. The first-order valence-electron chi connectivity index (χ1n) is 12.6. The zero-order valence-corrected chi connectivity index (χ0v) is 24.4. The molecule has 1 fully saturated rings. The number of sulfonamides is 1. The molecule has 0 bridgehead atoms. The van der Waals surface area contributed by atoms with Crippen LogP contribution >= 0.6 is 23.4 Å². The molecular formula is C28H28ClN5O4S2. The number of thioether (sulfide) groups is 1. The van der Waals surface area contributed by atoms with Crippen molar-refractivity contribution in [1.82, 2.24) is 19.1 Å². The van der Waals surface area contributed by atoms with E-state index in [9.17, 15) is 13.2 Å². The first kappa shape index (κ1) is 28.3. The Morgan fingerprint density at radius 1 is 1.02 bits per heavy atom. The highest BCUT2D eigenvalue weighted by molar-refractivity contribution is 7.99. The Morgan fingerprint density at radius 2 is 1.75 bits per heavy atom. The molecule has 0 atom stereocenters. The van der Waals surface area contributed by atoms with Gasteiger partial charge in [-0.2, -0.15) is 4.31 Å². The van der Waals surface area contributed by atoms with E-state index in [2.05, 4.69) is 21.6 Å². The molecule has 0 saturated carbocycles. The molecule has 1 amide bonds. The van der Waals surface area contributed by atoms with E-state index in [1.165, 1.54) is 28.2 Å². The van der Waals surface area contributed by atoms with E-state index in [0.29, 0.717) is 48.0 Å². The lowest BCUT2D eigenvalue weighted by Gasteiger charge is -2.26. The van der Waals surface area contributed by atoms with Crippen molar-refractivity contribution in [3.63, 3.8) is 0 Å². The molecule has 40 heavy (non-hydrogen) atoms. The maximum Gasteiger partial charge on any atom is 0.243 e. The number of hydrogen-bond donors (Lipinski definition) is 1. The molecule has 1 aliphatic rings. The van der Waals surface area contributed by atoms with Crippen LogP contribution in [0.15, 0.2) is 76.8 Å². The van der Waals surface area contributed by atoms with Gasteiger partial charge in [0.15, 0.2) is 11.0 Å². The Bertz CT molecular complexity index is 1630. The molecule has 2 heterocycles. The third kappa shape index (κ3) is 6.08. The summed E-state index contributed by atoms with van der Waals surface area (Å²) < 4.78 is 34.3. The molecule has 1 aromatic heterocycles. The van der Waals surface area contributed by atoms with Crippen molar-refractivity contribution in [1.29, 1.82) is 0 Å². The molecule has 0 unspecified atom stereocenters. The number of aryl methyl sites for hydroxylation is 2. The van der Waals surface area contributed by atoms with Crippen molar-refractivity contribution in [2.24, 2.45) is 0 Å². The quantitative estimate of drug-likeness (QED) is 0.286. The lowest BCUT2D eigenvalue weighted by Crippen LogP contribution is -2.40. The zero-order valence-electron chi connectivity index (χ0n) is 22.0. The van der Waals surface area contributed by atoms with Crippen LogP contribution < -0.4 is 5.32 Å². The number of carbonyl (C=O) groups excluding carboxylic acids is 1. The van der Waals surface area contributed by atoms with Crippen molar-refractivity contribution in [2.45, 2.75) is 23.9 Å². The lowest BCUT2D eigenvalue weighted by atomic mass is 10.1. The smallest absolute Gasteiger partial charge is 0.243 e. The molecule has 12 heteroatoms. The van der Waals surface area contributed by atoms with Gasteiger partial charge in [0.2, 0.25) is 15.9 Å². The van der Waals surface area contributed by atoms with E-state index in [1.54, 1.807) is 18.2 Å². The summed E-state index contributed by atoms with van der Waals surface area (Å²) >= 11 is 7.75. The van der Waals surface area contributed by atoms with Gasteiger partial charge in [-0.25, -0.2) is 8.42 Å². The third-order valence-corrected chi connectivity index (χ3v) is 9.60. The highest BCUT2D eigenvalue weighted by Gasteiger charge is 2.26. The molecule has 208 valence electrons. The first-order chi connectivity index (χ1) is 19.2. The fourth-order valence-electron chi connectivity index (χ4n) is 4.33. The first-order valence-corrected chi connectivity index (χ1v) is 15.4. The molecule has 3 aromatic carbocycles. The van der Waals surface area contributed by atoms with Gasteiger partial charge in [-0.05, 0) is 67.4 Å². The molecular weight excluding hydrogens is 570 g/mol. The average molecular weight is 598 g/mol. The minimum absolute atomic E-state index is 0.0688. The number of ether oxygens (including phenoxy) is 1. The van der Waals surface area contributed by atoms with Crippen LogP contribution in [0.25, 0.3) is 17.1 Å². The Kier molecular flexibility index (Phi) is 8.57. The molecule has 0 radical (unpaired) electrons. The predicted molar refractivity (Wildman–Crippen MR) is 157 cm³/mol. The summed E-state index contributed by atoms with van der Waals surface area (Å²) in [7, 11) is -3.61. The van der Waals surface area contributed by atoms with Crippen molar-refractivity contribution >= 4 is 45.0 Å². The number of amides is 1. The van der Waals surface area contributed by atoms with E-state index in [1.807, 2.05) is 48.7 Å². The van der Waals surface area contributed by atoms with Gasteiger partial charge in [0.1, 0.15) is 0 Å². The van der Waals surface area contributed by atoms with Crippen molar-refractivity contribution in [3.05, 3.63) is 82.9 Å². The molecule has 1 saturated heterocycles. The Hall–Kier alpha value is -3.22. The normalized spacial score (nSPS) is 14.3. The maximum atomic E-state index is 12.9. The molecule has 0 spiro atoms. The second-order valence-corrected chi connectivity index (χ2v) is 12.6. The van der Waals surface area contributed by atoms with Gasteiger partial charge in [-0.3, -0.25) is 9.36 Å². The minimum atomic E-state index is -3.61. The number of benzene rings is 3. The maximum absolute atomic E-state index is 12.9. The van der Waals surface area contributed by atoms with Gasteiger partial charge < -0.3 is 10.1 Å². The summed E-state index contributed by atoms with van der Waals surface area (Å²) in [5.74, 6) is 0.391. The summed E-state index contributed by atoms with van der Waals surface area (Å²) in [5.41, 5.74) is 4.24. The third-order valence-electron chi connectivity index (χ3n) is 6.43. The van der Waals surface area contributed by atoms with E-state index in [4.69, 9.17) is 16.3 Å². The van der Waals surface area contributed by atoms with Crippen LogP contribution in [0.2, 0.25) is 5.02 Å². The summed E-state index contributed by atoms with van der Waals surface area (Å²) in [5, 5.41) is 12.8. The summed E-state index contributed by atoms with van der Waals surface area (Å²) in [4.78, 5) is 13.0. The van der Waals surface area contributed by atoms with E-state index < -0.39 is 10.0 Å². The number of rotatable bonds is 8. The fraction of sp³-hybridized carbons (Fsp3) is 0.250. The van der Waals surface area contributed by atoms with Crippen LogP contribution in [0.5, 0.6) is 0 Å². The SMILES string of the molecule is Cc1ccc(C)c(-n2c(SCC(=O)Nc3ccc(S(=O)(=O)N4CCOCC4)cc3)nnc2-c2ccccc2Cl)c1. The standard InChI is InChI=1S/C28H28ClN5O4S2/c1-19-7-8-20(2)25(17-19)34-27(23-5-3-4-6-24(23)29)31-32-28(34)39-18-26(35)30-21-9-11-22(12-10-21)40(36,37)33-13-15-38-16-14-33/h3-12,17H,13-16,18H2,1-2H3,(H,30,35). The van der Waals surface area contributed by atoms with Gasteiger partial charge in [0, 0.05) is 24.3 Å². The van der Waals surface area contributed by atoms with Gasteiger partial charge in [-0.15, -0.1) is 10.2 Å². The number of nitrogens with zero attached hydrogens (tertiary/aromatic N) is 4. The number of nitrogens with one attached hydrogen (secondary N) is 1. The second kappa shape index (κ2) is 12.1. The summed E-state index contributed by atoms with van der Waals surface area (Å²) in [6, 6.07) is 19.7. The number of aromatic nitrogens is 3. The van der Waals surface area contributed by atoms with Crippen molar-refractivity contribution < 1.29 is 17.9 Å². The molecule has 1 aliphatic heterocycles. The monoisotopic (exact) mass is 597 g/mol. The van der Waals surface area contributed by atoms with Crippen molar-refractivity contribution in [2.75, 3.05) is 37.4 Å². The number of hydrogen-bond acceptors (Lipinski definition) is 7. The van der Waals surface area contributed by atoms with E-state index in [-0.39, 0.29) is 16.6 Å². The Labute approximate surface area is 242 Å². The second-order valence-electron chi connectivity index (χ2n) is 9.29. The molecule has 1 N–H and O–H groups in total. The van der Waals surface area contributed by atoms with Crippen LogP contribution in [-0.4, -0.2) is 65.5 Å². The van der Waals surface area contributed by atoms with Crippen LogP contribution in [0, 0.1) is 13.8 Å². The molecule has 9 nitrogen and oxygen atoms in total. The van der Waals surface area contributed by atoms with Crippen LogP contribution in [0.1, 0.15) is 11.1 Å². The minimum Gasteiger partial charge on any atom is -0.379 e. The van der Waals surface area contributed by atoms with E-state index >= 15 is 0 Å². The lowest BCUT2D eigenvalue weighted by molar-refractivity contribution is -0.113. The Balaban J connectivity index is 1.33. The van der Waals surface area contributed by atoms with Gasteiger partial charge in [-0.1, -0.05) is 47.6 Å². The fourth-order valence-corrected chi connectivity index (χ4v) is 6.70.